The highest BCUT2D eigenvalue weighted by atomic mass is 16.4. The van der Waals surface area contributed by atoms with Gasteiger partial charge in [-0.15, -0.1) is 0 Å². The molecule has 3 unspecified atom stereocenters. The van der Waals surface area contributed by atoms with Crippen LogP contribution >= 0.6 is 0 Å². The first kappa shape index (κ1) is 12.4. The molecule has 0 bridgehead atoms. The average Bonchev–Trinajstić information content (AvgIpc) is 2.11. The fraction of sp³-hybridized carbons (Fsp3) is 0.889. The first-order chi connectivity index (χ1) is 5.99. The Hall–Kier alpha value is -0.610. The zero-order valence-corrected chi connectivity index (χ0v) is 8.58. The second kappa shape index (κ2) is 5.94. The van der Waals surface area contributed by atoms with Crippen LogP contribution in [-0.4, -0.2) is 29.7 Å². The molecule has 4 N–H and O–H groups in total. The maximum atomic E-state index is 10.4. The standard InChI is InChI=1S/C9H20N2O2/c1-4-6(2)7(3)11-5-8(10)9(12)13/h6-8,11H,4-5,10H2,1-3H3,(H,12,13). The molecule has 4 nitrogen and oxygen atoms in total. The Balaban J connectivity index is 3.69. The van der Waals surface area contributed by atoms with Crippen molar-refractivity contribution in [1.29, 1.82) is 0 Å². The molecule has 0 radical (unpaired) electrons. The number of hydrogen-bond acceptors (Lipinski definition) is 3. The molecular weight excluding hydrogens is 168 g/mol. The second-order valence-corrected chi connectivity index (χ2v) is 3.53. The van der Waals surface area contributed by atoms with Gasteiger partial charge in [-0.2, -0.15) is 0 Å². The van der Waals surface area contributed by atoms with Crippen molar-refractivity contribution in [2.45, 2.75) is 39.3 Å². The molecule has 0 aliphatic heterocycles. The summed E-state index contributed by atoms with van der Waals surface area (Å²) >= 11 is 0. The number of aliphatic carboxylic acids is 1. The van der Waals surface area contributed by atoms with Crippen LogP contribution in [0.1, 0.15) is 27.2 Å². The number of rotatable bonds is 6. The number of carboxylic acid groups (broad SMARTS) is 1. The lowest BCUT2D eigenvalue weighted by atomic mass is 10.0. The van der Waals surface area contributed by atoms with Crippen molar-refractivity contribution >= 4 is 5.97 Å². The molecule has 0 saturated carbocycles. The van der Waals surface area contributed by atoms with E-state index in [4.69, 9.17) is 10.8 Å². The van der Waals surface area contributed by atoms with Gasteiger partial charge < -0.3 is 16.2 Å². The monoisotopic (exact) mass is 188 g/mol. The first-order valence-electron chi connectivity index (χ1n) is 4.70. The van der Waals surface area contributed by atoms with Crippen LogP contribution in [0, 0.1) is 5.92 Å². The quantitative estimate of drug-likeness (QED) is 0.565. The molecule has 0 aromatic rings. The first-order valence-corrected chi connectivity index (χ1v) is 4.70. The predicted molar refractivity (Wildman–Crippen MR) is 52.5 cm³/mol. The fourth-order valence-corrected chi connectivity index (χ4v) is 0.955. The third kappa shape index (κ3) is 4.85. The maximum absolute atomic E-state index is 10.4. The molecule has 0 saturated heterocycles. The highest BCUT2D eigenvalue weighted by Crippen LogP contribution is 2.05. The minimum Gasteiger partial charge on any atom is -0.480 e. The summed E-state index contributed by atoms with van der Waals surface area (Å²) in [5.74, 6) is -0.412. The molecule has 0 spiro atoms. The minimum absolute atomic E-state index is 0.315. The van der Waals surface area contributed by atoms with Crippen molar-refractivity contribution in [3.63, 3.8) is 0 Å². The van der Waals surface area contributed by atoms with E-state index in [1.54, 1.807) is 0 Å². The second-order valence-electron chi connectivity index (χ2n) is 3.53. The fourth-order valence-electron chi connectivity index (χ4n) is 0.955. The molecule has 4 heteroatoms. The summed E-state index contributed by atoms with van der Waals surface area (Å²) in [5, 5.41) is 11.6. The maximum Gasteiger partial charge on any atom is 0.321 e. The molecule has 0 amide bonds. The molecular formula is C9H20N2O2. The molecule has 0 aliphatic carbocycles. The molecule has 0 aliphatic rings. The van der Waals surface area contributed by atoms with E-state index in [0.29, 0.717) is 18.5 Å². The van der Waals surface area contributed by atoms with Gasteiger partial charge in [-0.3, -0.25) is 4.79 Å². The molecule has 0 fully saturated rings. The van der Waals surface area contributed by atoms with E-state index in [1.165, 1.54) is 0 Å². The van der Waals surface area contributed by atoms with Crippen LogP contribution in [0.25, 0.3) is 0 Å². The van der Waals surface area contributed by atoms with Gasteiger partial charge in [0, 0.05) is 12.6 Å². The van der Waals surface area contributed by atoms with Crippen molar-refractivity contribution in [1.82, 2.24) is 5.32 Å². The minimum atomic E-state index is -0.955. The summed E-state index contributed by atoms with van der Waals surface area (Å²) in [6.45, 7) is 6.62. The Morgan fingerprint density at radius 3 is 2.46 bits per heavy atom. The van der Waals surface area contributed by atoms with E-state index < -0.39 is 12.0 Å². The SMILES string of the molecule is CCC(C)C(C)NCC(N)C(=O)O. The lowest BCUT2D eigenvalue weighted by molar-refractivity contribution is -0.138. The molecule has 13 heavy (non-hydrogen) atoms. The van der Waals surface area contributed by atoms with Crippen LogP contribution in [0.4, 0.5) is 0 Å². The van der Waals surface area contributed by atoms with Crippen LogP contribution in [0.2, 0.25) is 0 Å². The lowest BCUT2D eigenvalue weighted by Gasteiger charge is -2.20. The number of carbonyl (C=O) groups is 1. The summed E-state index contributed by atoms with van der Waals surface area (Å²) in [6, 6.07) is -0.484. The van der Waals surface area contributed by atoms with Crippen LogP contribution in [-0.2, 0) is 4.79 Å². The van der Waals surface area contributed by atoms with Gasteiger partial charge in [-0.1, -0.05) is 20.3 Å². The Morgan fingerprint density at radius 2 is 2.08 bits per heavy atom. The van der Waals surface area contributed by atoms with E-state index in [9.17, 15) is 4.79 Å². The average molecular weight is 188 g/mol. The molecule has 78 valence electrons. The van der Waals surface area contributed by atoms with Gasteiger partial charge in [0.25, 0.3) is 0 Å². The van der Waals surface area contributed by atoms with Crippen molar-refractivity contribution in [2.75, 3.05) is 6.54 Å². The number of nitrogens with one attached hydrogen (secondary N) is 1. The van der Waals surface area contributed by atoms with E-state index in [0.717, 1.165) is 6.42 Å². The molecule has 0 heterocycles. The highest BCUT2D eigenvalue weighted by molar-refractivity contribution is 5.73. The molecule has 3 atom stereocenters. The van der Waals surface area contributed by atoms with E-state index in [1.807, 2.05) is 6.92 Å². The summed E-state index contributed by atoms with van der Waals surface area (Å²) < 4.78 is 0. The third-order valence-electron chi connectivity index (χ3n) is 2.47. The van der Waals surface area contributed by atoms with Crippen LogP contribution in [0.15, 0.2) is 0 Å². The topological polar surface area (TPSA) is 75.3 Å². The molecule has 0 aromatic heterocycles. The van der Waals surface area contributed by atoms with Gasteiger partial charge in [0.2, 0.25) is 0 Å². The Morgan fingerprint density at radius 1 is 1.54 bits per heavy atom. The lowest BCUT2D eigenvalue weighted by Crippen LogP contribution is -2.44. The summed E-state index contributed by atoms with van der Waals surface area (Å²) in [4.78, 5) is 10.4. The van der Waals surface area contributed by atoms with Gasteiger partial charge in [0.05, 0.1) is 0 Å². The van der Waals surface area contributed by atoms with Crippen LogP contribution in [0.5, 0.6) is 0 Å². The van der Waals surface area contributed by atoms with E-state index in [-0.39, 0.29) is 0 Å². The zero-order chi connectivity index (χ0) is 10.4. The number of carboxylic acids is 1. The summed E-state index contributed by atoms with van der Waals surface area (Å²) in [6.07, 6.45) is 1.08. The van der Waals surface area contributed by atoms with E-state index in [2.05, 4.69) is 19.2 Å². The highest BCUT2D eigenvalue weighted by Gasteiger charge is 2.14. The van der Waals surface area contributed by atoms with E-state index >= 15 is 0 Å². The summed E-state index contributed by atoms with van der Waals surface area (Å²) in [5.41, 5.74) is 5.34. The van der Waals surface area contributed by atoms with Crippen molar-refractivity contribution < 1.29 is 9.90 Å². The smallest absolute Gasteiger partial charge is 0.321 e. The summed E-state index contributed by atoms with van der Waals surface area (Å²) in [7, 11) is 0. The zero-order valence-electron chi connectivity index (χ0n) is 8.58. The van der Waals surface area contributed by atoms with Gasteiger partial charge >= 0.3 is 5.97 Å². The van der Waals surface area contributed by atoms with Crippen molar-refractivity contribution in [3.8, 4) is 0 Å². The van der Waals surface area contributed by atoms with Crippen LogP contribution < -0.4 is 11.1 Å². The third-order valence-corrected chi connectivity index (χ3v) is 2.47. The largest absolute Gasteiger partial charge is 0.480 e. The molecule has 0 rings (SSSR count). The van der Waals surface area contributed by atoms with Gasteiger partial charge in [0.15, 0.2) is 0 Å². The van der Waals surface area contributed by atoms with Gasteiger partial charge in [-0.05, 0) is 12.8 Å². The normalized spacial score (nSPS) is 17.8. The number of hydrogen-bond donors (Lipinski definition) is 3. The Bertz CT molecular complexity index is 162. The number of nitrogens with two attached hydrogens (primary N) is 1. The Kier molecular flexibility index (Phi) is 5.66. The van der Waals surface area contributed by atoms with Crippen LogP contribution in [0.3, 0.4) is 0 Å². The van der Waals surface area contributed by atoms with Crippen molar-refractivity contribution in [2.24, 2.45) is 11.7 Å². The predicted octanol–water partition coefficient (Wildman–Crippen LogP) is 0.423. The molecule has 0 aromatic carbocycles. The van der Waals surface area contributed by atoms with Crippen molar-refractivity contribution in [3.05, 3.63) is 0 Å². The van der Waals surface area contributed by atoms with Gasteiger partial charge in [-0.25, -0.2) is 0 Å². The van der Waals surface area contributed by atoms with Gasteiger partial charge in [0.1, 0.15) is 6.04 Å². The Labute approximate surface area is 79.5 Å².